The van der Waals surface area contributed by atoms with Crippen molar-refractivity contribution in [1.82, 2.24) is 0 Å². The zero-order chi connectivity index (χ0) is 14.4. The molecule has 1 unspecified atom stereocenters. The minimum Gasteiger partial charge on any atom is -0.481 e. The Kier molecular flexibility index (Phi) is 4.57. The highest BCUT2D eigenvalue weighted by Gasteiger charge is 2.09. The van der Waals surface area contributed by atoms with Crippen LogP contribution in [-0.2, 0) is 4.79 Å². The van der Waals surface area contributed by atoms with Crippen LogP contribution in [0, 0.1) is 11.8 Å². The number of aliphatic carboxylic acids is 1. The summed E-state index contributed by atoms with van der Waals surface area (Å²) < 4.78 is 0. The van der Waals surface area contributed by atoms with Crippen molar-refractivity contribution >= 4 is 5.97 Å². The van der Waals surface area contributed by atoms with Crippen LogP contribution < -0.4 is 0 Å². The van der Waals surface area contributed by atoms with E-state index < -0.39 is 5.97 Å². The summed E-state index contributed by atoms with van der Waals surface area (Å²) >= 11 is 0. The van der Waals surface area contributed by atoms with Gasteiger partial charge in [0.2, 0.25) is 0 Å². The molecule has 0 aliphatic rings. The molecule has 0 heterocycles. The molecule has 0 amide bonds. The van der Waals surface area contributed by atoms with Gasteiger partial charge in [-0.15, -0.1) is 0 Å². The van der Waals surface area contributed by atoms with Gasteiger partial charge >= 0.3 is 5.97 Å². The van der Waals surface area contributed by atoms with E-state index in [4.69, 9.17) is 5.11 Å². The van der Waals surface area contributed by atoms with Gasteiger partial charge in [-0.3, -0.25) is 4.79 Å². The van der Waals surface area contributed by atoms with Crippen LogP contribution in [0.3, 0.4) is 0 Å². The lowest BCUT2D eigenvalue weighted by Gasteiger charge is -2.08. The zero-order valence-electron chi connectivity index (χ0n) is 11.3. The lowest BCUT2D eigenvalue weighted by molar-refractivity contribution is -0.137. The largest absolute Gasteiger partial charge is 0.481 e. The number of benzene rings is 2. The minimum absolute atomic E-state index is 0.0173. The summed E-state index contributed by atoms with van der Waals surface area (Å²) in [4.78, 5) is 10.7. The van der Waals surface area contributed by atoms with Crippen LogP contribution in [0.5, 0.6) is 0 Å². The first-order valence-corrected chi connectivity index (χ1v) is 6.54. The molecule has 2 heteroatoms. The Morgan fingerprint density at radius 1 is 1.00 bits per heavy atom. The Morgan fingerprint density at radius 2 is 1.55 bits per heavy atom. The number of carboxylic acid groups (broad SMARTS) is 1. The minimum atomic E-state index is -0.773. The third-order valence-electron chi connectivity index (χ3n) is 3.09. The van der Waals surface area contributed by atoms with Crippen LogP contribution in [-0.4, -0.2) is 11.1 Å². The molecule has 2 rings (SSSR count). The van der Waals surface area contributed by atoms with E-state index in [0.717, 1.165) is 16.7 Å². The molecule has 0 saturated carbocycles. The quantitative estimate of drug-likeness (QED) is 0.859. The topological polar surface area (TPSA) is 37.3 Å². The van der Waals surface area contributed by atoms with Crippen LogP contribution in [0.2, 0.25) is 0 Å². The van der Waals surface area contributed by atoms with E-state index in [-0.39, 0.29) is 12.3 Å². The van der Waals surface area contributed by atoms with Gasteiger partial charge in [0.05, 0.1) is 6.42 Å². The third kappa shape index (κ3) is 4.00. The van der Waals surface area contributed by atoms with Gasteiger partial charge in [0.25, 0.3) is 0 Å². The average Bonchev–Trinajstić information content (AvgIpc) is 2.46. The summed E-state index contributed by atoms with van der Waals surface area (Å²) in [5.41, 5.74) is 2.94. The standard InChI is InChI=1S/C18H16O2/c1-14(13-18(19)20)17-11-9-16(10-12-17)8-7-15-5-3-2-4-6-15/h2-6,9-12,14H,13H2,1H3,(H,19,20). The molecule has 0 saturated heterocycles. The summed E-state index contributed by atoms with van der Waals surface area (Å²) in [5.74, 6) is 5.44. The normalized spacial score (nSPS) is 11.2. The molecule has 2 aromatic carbocycles. The Hall–Kier alpha value is -2.53. The molecule has 100 valence electrons. The van der Waals surface area contributed by atoms with E-state index >= 15 is 0 Å². The zero-order valence-corrected chi connectivity index (χ0v) is 11.3. The second kappa shape index (κ2) is 6.58. The molecule has 0 bridgehead atoms. The summed E-state index contributed by atoms with van der Waals surface area (Å²) in [7, 11) is 0. The van der Waals surface area contributed by atoms with Crippen LogP contribution in [0.1, 0.15) is 36.0 Å². The molecule has 0 radical (unpaired) electrons. The fourth-order valence-electron chi connectivity index (χ4n) is 1.94. The Morgan fingerprint density at radius 3 is 2.10 bits per heavy atom. The van der Waals surface area contributed by atoms with Crippen molar-refractivity contribution in [1.29, 1.82) is 0 Å². The van der Waals surface area contributed by atoms with Crippen LogP contribution in [0.15, 0.2) is 54.6 Å². The van der Waals surface area contributed by atoms with Gasteiger partial charge < -0.3 is 5.11 Å². The molecule has 0 spiro atoms. The molecule has 1 N–H and O–H groups in total. The molecule has 2 nitrogen and oxygen atoms in total. The van der Waals surface area contributed by atoms with Crippen molar-refractivity contribution < 1.29 is 9.90 Å². The first kappa shape index (κ1) is 13.9. The molecule has 0 aromatic heterocycles. The molecule has 0 aliphatic carbocycles. The summed E-state index contributed by atoms with van der Waals surface area (Å²) in [6.45, 7) is 1.92. The van der Waals surface area contributed by atoms with Crippen LogP contribution >= 0.6 is 0 Å². The number of carbonyl (C=O) groups is 1. The van der Waals surface area contributed by atoms with Crippen LogP contribution in [0.4, 0.5) is 0 Å². The first-order valence-electron chi connectivity index (χ1n) is 6.54. The number of hydrogen-bond donors (Lipinski definition) is 1. The maximum Gasteiger partial charge on any atom is 0.303 e. The van der Waals surface area contributed by atoms with E-state index in [1.807, 2.05) is 61.5 Å². The summed E-state index contributed by atoms with van der Waals surface area (Å²) in [6, 6.07) is 17.6. The molecule has 20 heavy (non-hydrogen) atoms. The number of hydrogen-bond acceptors (Lipinski definition) is 1. The predicted octanol–water partition coefficient (Wildman–Crippen LogP) is 3.66. The van der Waals surface area contributed by atoms with Crippen molar-refractivity contribution in [3.63, 3.8) is 0 Å². The fraction of sp³-hybridized carbons (Fsp3) is 0.167. The summed E-state index contributed by atoms with van der Waals surface area (Å²) in [6.07, 6.45) is 0.148. The smallest absolute Gasteiger partial charge is 0.303 e. The van der Waals surface area contributed by atoms with Gasteiger partial charge in [-0.05, 0) is 35.7 Å². The number of rotatable bonds is 3. The summed E-state index contributed by atoms with van der Waals surface area (Å²) in [5, 5.41) is 8.79. The second-order valence-corrected chi connectivity index (χ2v) is 4.74. The highest BCUT2D eigenvalue weighted by atomic mass is 16.4. The van der Waals surface area contributed by atoms with Gasteiger partial charge in [0.1, 0.15) is 0 Å². The van der Waals surface area contributed by atoms with Gasteiger partial charge in [-0.25, -0.2) is 0 Å². The molecule has 0 aliphatic heterocycles. The Balaban J connectivity index is 2.09. The van der Waals surface area contributed by atoms with Gasteiger partial charge in [-0.1, -0.05) is 49.1 Å². The van der Waals surface area contributed by atoms with E-state index in [9.17, 15) is 4.79 Å². The monoisotopic (exact) mass is 264 g/mol. The van der Waals surface area contributed by atoms with E-state index in [2.05, 4.69) is 11.8 Å². The number of carboxylic acids is 1. The molecule has 0 fully saturated rings. The Labute approximate surface area is 119 Å². The van der Waals surface area contributed by atoms with E-state index in [1.54, 1.807) is 0 Å². The first-order chi connectivity index (χ1) is 9.65. The van der Waals surface area contributed by atoms with Gasteiger partial charge in [0, 0.05) is 11.1 Å². The lowest BCUT2D eigenvalue weighted by Crippen LogP contribution is -2.02. The molecule has 2 aromatic rings. The van der Waals surface area contributed by atoms with Gasteiger partial charge in [-0.2, -0.15) is 0 Å². The van der Waals surface area contributed by atoms with Crippen LogP contribution in [0.25, 0.3) is 0 Å². The average molecular weight is 264 g/mol. The fourth-order valence-corrected chi connectivity index (χ4v) is 1.94. The second-order valence-electron chi connectivity index (χ2n) is 4.74. The maximum atomic E-state index is 10.7. The Bertz CT molecular complexity index is 631. The van der Waals surface area contributed by atoms with E-state index in [0.29, 0.717) is 0 Å². The molecule has 1 atom stereocenters. The van der Waals surface area contributed by atoms with Crippen molar-refractivity contribution in [2.24, 2.45) is 0 Å². The highest BCUT2D eigenvalue weighted by Crippen LogP contribution is 2.19. The molecular weight excluding hydrogens is 248 g/mol. The van der Waals surface area contributed by atoms with Crippen molar-refractivity contribution in [2.45, 2.75) is 19.3 Å². The van der Waals surface area contributed by atoms with Crippen molar-refractivity contribution in [3.05, 3.63) is 71.3 Å². The van der Waals surface area contributed by atoms with Gasteiger partial charge in [0.15, 0.2) is 0 Å². The lowest BCUT2D eigenvalue weighted by atomic mass is 9.97. The van der Waals surface area contributed by atoms with E-state index in [1.165, 1.54) is 0 Å². The SMILES string of the molecule is CC(CC(=O)O)c1ccc(C#Cc2ccccc2)cc1. The maximum absolute atomic E-state index is 10.7. The van der Waals surface area contributed by atoms with Crippen molar-refractivity contribution in [3.8, 4) is 11.8 Å². The van der Waals surface area contributed by atoms with Crippen molar-refractivity contribution in [2.75, 3.05) is 0 Å². The molecular formula is C18H16O2. The highest BCUT2D eigenvalue weighted by molar-refractivity contribution is 5.68. The predicted molar refractivity (Wildman–Crippen MR) is 79.5 cm³/mol. The third-order valence-corrected chi connectivity index (χ3v) is 3.09.